The Morgan fingerprint density at radius 3 is 2.11 bits per heavy atom. The van der Waals surface area contributed by atoms with Crippen molar-refractivity contribution >= 4 is 46.4 Å². The molecule has 2 aliphatic heterocycles. The monoisotopic (exact) mass is 504 g/mol. The van der Waals surface area contributed by atoms with Gasteiger partial charge < -0.3 is 4.42 Å². The number of imide groups is 1. The van der Waals surface area contributed by atoms with Crippen molar-refractivity contribution in [3.63, 3.8) is 0 Å². The molecule has 0 bridgehead atoms. The van der Waals surface area contributed by atoms with Crippen LogP contribution in [-0.4, -0.2) is 17.9 Å². The molecular formula is C27H18Cl2N2O4. The zero-order valence-electron chi connectivity index (χ0n) is 18.2. The van der Waals surface area contributed by atoms with E-state index >= 15 is 0 Å². The number of furan rings is 1. The van der Waals surface area contributed by atoms with Crippen LogP contribution in [0.2, 0.25) is 10.0 Å². The highest BCUT2D eigenvalue weighted by molar-refractivity contribution is 6.36. The maximum atomic E-state index is 13.6. The number of anilines is 2. The first-order chi connectivity index (χ1) is 17.0. The van der Waals surface area contributed by atoms with E-state index in [-0.39, 0.29) is 5.91 Å². The Morgan fingerprint density at radius 1 is 0.743 bits per heavy atom. The van der Waals surface area contributed by atoms with Gasteiger partial charge in [0.1, 0.15) is 23.5 Å². The molecule has 35 heavy (non-hydrogen) atoms. The third kappa shape index (κ3) is 3.62. The topological polar surface area (TPSA) is 63.0 Å². The number of hydrogen-bond donors (Lipinski definition) is 0. The molecule has 174 valence electrons. The second-order valence-corrected chi connectivity index (χ2v) is 9.18. The molecule has 6 nitrogen and oxygen atoms in total. The fourth-order valence-corrected chi connectivity index (χ4v) is 5.18. The molecule has 2 saturated heterocycles. The zero-order chi connectivity index (χ0) is 24.1. The van der Waals surface area contributed by atoms with Gasteiger partial charge in [0, 0.05) is 10.6 Å². The third-order valence-electron chi connectivity index (χ3n) is 6.26. The van der Waals surface area contributed by atoms with Gasteiger partial charge in [0.25, 0.3) is 5.91 Å². The molecule has 3 atom stereocenters. The lowest BCUT2D eigenvalue weighted by Crippen LogP contribution is -2.37. The Kier molecular flexibility index (Phi) is 5.37. The van der Waals surface area contributed by atoms with Crippen molar-refractivity contribution in [2.24, 2.45) is 5.92 Å². The Bertz CT molecular complexity index is 1420. The predicted octanol–water partition coefficient (Wildman–Crippen LogP) is 6.30. The van der Waals surface area contributed by atoms with Gasteiger partial charge in [0.2, 0.25) is 5.91 Å². The number of hydrogen-bond acceptors (Lipinski definition) is 5. The van der Waals surface area contributed by atoms with Gasteiger partial charge in [-0.1, -0.05) is 59.6 Å². The maximum absolute atomic E-state index is 13.6. The first-order valence-electron chi connectivity index (χ1n) is 11.0. The number of hydroxylamine groups is 1. The summed E-state index contributed by atoms with van der Waals surface area (Å²) in [6.07, 6.45) is -0.972. The van der Waals surface area contributed by atoms with Gasteiger partial charge in [-0.25, -0.2) is 9.96 Å². The molecule has 2 fully saturated rings. The van der Waals surface area contributed by atoms with Crippen LogP contribution >= 0.6 is 23.2 Å². The molecular weight excluding hydrogens is 487 g/mol. The number of para-hydroxylation sites is 2. The van der Waals surface area contributed by atoms with Crippen LogP contribution < -0.4 is 9.96 Å². The number of amides is 2. The lowest BCUT2D eigenvalue weighted by atomic mass is 9.94. The lowest BCUT2D eigenvalue weighted by Gasteiger charge is -2.27. The van der Waals surface area contributed by atoms with Crippen molar-refractivity contribution in [2.75, 3.05) is 9.96 Å². The van der Waals surface area contributed by atoms with E-state index in [1.165, 1.54) is 4.90 Å². The molecule has 0 radical (unpaired) electrons. The van der Waals surface area contributed by atoms with Gasteiger partial charge in [-0.15, -0.1) is 0 Å². The highest BCUT2D eigenvalue weighted by atomic mass is 35.5. The Morgan fingerprint density at radius 2 is 1.43 bits per heavy atom. The number of fused-ring (bicyclic) bond motifs is 1. The number of halogens is 2. The second-order valence-electron chi connectivity index (χ2n) is 8.33. The minimum Gasteiger partial charge on any atom is -0.459 e. The van der Waals surface area contributed by atoms with Gasteiger partial charge in [-0.2, -0.15) is 0 Å². The van der Waals surface area contributed by atoms with E-state index in [1.807, 2.05) is 36.4 Å². The summed E-state index contributed by atoms with van der Waals surface area (Å²) >= 11 is 12.4. The molecule has 2 amide bonds. The lowest BCUT2D eigenvalue weighted by molar-refractivity contribution is -0.126. The van der Waals surface area contributed by atoms with Crippen molar-refractivity contribution in [3.05, 3.63) is 107 Å². The van der Waals surface area contributed by atoms with Crippen LogP contribution in [0.25, 0.3) is 11.3 Å². The van der Waals surface area contributed by atoms with Crippen molar-refractivity contribution < 1.29 is 18.8 Å². The van der Waals surface area contributed by atoms with Crippen molar-refractivity contribution in [2.45, 2.75) is 12.1 Å². The Labute approximate surface area is 211 Å². The highest BCUT2D eigenvalue weighted by Gasteiger charge is 2.61. The number of carbonyl (C=O) groups is 2. The molecule has 6 rings (SSSR count). The van der Waals surface area contributed by atoms with Crippen LogP contribution in [0.3, 0.4) is 0 Å². The van der Waals surface area contributed by atoms with E-state index < -0.39 is 24.0 Å². The molecule has 0 unspecified atom stereocenters. The van der Waals surface area contributed by atoms with E-state index in [2.05, 4.69) is 0 Å². The number of carbonyl (C=O) groups excluding carboxylic acids is 2. The SMILES string of the molecule is O=C1[C@H]2[C@@H](c3ccc(-c4ccc(Cl)cc4Cl)o3)N(c3ccccc3)O[C@H]2C(=O)N1c1ccccc1. The first-order valence-corrected chi connectivity index (χ1v) is 11.8. The van der Waals surface area contributed by atoms with Crippen molar-refractivity contribution in [1.82, 2.24) is 0 Å². The third-order valence-corrected chi connectivity index (χ3v) is 6.80. The van der Waals surface area contributed by atoms with Gasteiger partial charge in [0.15, 0.2) is 6.10 Å². The molecule has 0 saturated carbocycles. The van der Waals surface area contributed by atoms with E-state index in [9.17, 15) is 9.59 Å². The standard InChI is InChI=1S/C27H18Cl2N2O4/c28-16-11-12-19(20(29)15-16)21-13-14-22(34-21)24-23-25(35-31(24)18-9-5-2-6-10-18)27(33)30(26(23)32)17-7-3-1-4-8-17/h1-15,23-25H/t23-,24+,25+/m0/s1. The molecule has 0 spiro atoms. The number of rotatable bonds is 4. The van der Waals surface area contributed by atoms with E-state index in [1.54, 1.807) is 59.7 Å². The molecule has 1 aromatic heterocycles. The normalized spacial score (nSPS) is 21.6. The van der Waals surface area contributed by atoms with Crippen LogP contribution in [0, 0.1) is 5.92 Å². The Hall–Kier alpha value is -3.58. The first kappa shape index (κ1) is 21.9. The van der Waals surface area contributed by atoms with Gasteiger partial charge >= 0.3 is 0 Å². The van der Waals surface area contributed by atoms with Crippen LogP contribution in [0.15, 0.2) is 95.4 Å². The van der Waals surface area contributed by atoms with Crippen LogP contribution in [0.4, 0.5) is 11.4 Å². The maximum Gasteiger partial charge on any atom is 0.266 e. The zero-order valence-corrected chi connectivity index (χ0v) is 19.7. The summed E-state index contributed by atoms with van der Waals surface area (Å²) in [5.74, 6) is -0.518. The summed E-state index contributed by atoms with van der Waals surface area (Å²) in [7, 11) is 0. The summed E-state index contributed by atoms with van der Waals surface area (Å²) in [6, 6.07) is 26.3. The molecule has 3 aromatic carbocycles. The molecule has 3 heterocycles. The van der Waals surface area contributed by atoms with Crippen LogP contribution in [-0.2, 0) is 14.4 Å². The molecule has 4 aromatic rings. The number of benzene rings is 3. The highest BCUT2D eigenvalue weighted by Crippen LogP contribution is 2.48. The average molecular weight is 505 g/mol. The van der Waals surface area contributed by atoms with E-state index in [4.69, 9.17) is 32.5 Å². The summed E-state index contributed by atoms with van der Waals surface area (Å²) in [5, 5.41) is 2.56. The summed E-state index contributed by atoms with van der Waals surface area (Å²) in [6.45, 7) is 0. The fraction of sp³-hybridized carbons (Fsp3) is 0.111. The van der Waals surface area contributed by atoms with Gasteiger partial charge in [-0.05, 0) is 54.6 Å². The second kappa shape index (κ2) is 8.57. The van der Waals surface area contributed by atoms with Crippen LogP contribution in [0.1, 0.15) is 11.8 Å². The van der Waals surface area contributed by atoms with Crippen LogP contribution in [0.5, 0.6) is 0 Å². The minimum absolute atomic E-state index is 0.336. The minimum atomic E-state index is -0.972. The smallest absolute Gasteiger partial charge is 0.266 e. The molecule has 0 N–H and O–H groups in total. The summed E-state index contributed by atoms with van der Waals surface area (Å²) in [4.78, 5) is 34.3. The molecule has 2 aliphatic rings. The quantitative estimate of drug-likeness (QED) is 0.305. The van der Waals surface area contributed by atoms with Gasteiger partial charge in [-0.3, -0.25) is 14.4 Å². The Balaban J connectivity index is 1.43. The predicted molar refractivity (Wildman–Crippen MR) is 133 cm³/mol. The fourth-order valence-electron chi connectivity index (χ4n) is 4.68. The number of nitrogens with zero attached hydrogens (tertiary/aromatic N) is 2. The molecule has 0 aliphatic carbocycles. The van der Waals surface area contributed by atoms with E-state index in [0.29, 0.717) is 38.5 Å². The van der Waals surface area contributed by atoms with E-state index in [0.717, 1.165) is 0 Å². The largest absolute Gasteiger partial charge is 0.459 e. The van der Waals surface area contributed by atoms with Crippen molar-refractivity contribution in [1.29, 1.82) is 0 Å². The van der Waals surface area contributed by atoms with Gasteiger partial charge in [0.05, 0.1) is 16.4 Å². The van der Waals surface area contributed by atoms with Crippen molar-refractivity contribution in [3.8, 4) is 11.3 Å². The average Bonchev–Trinajstić information content (AvgIpc) is 3.55. The molecule has 8 heteroatoms. The summed E-state index contributed by atoms with van der Waals surface area (Å²) in [5.41, 5.74) is 1.89. The summed E-state index contributed by atoms with van der Waals surface area (Å²) < 4.78 is 6.23.